The van der Waals surface area contributed by atoms with Gasteiger partial charge in [-0.2, -0.15) is 0 Å². The molecule has 1 unspecified atom stereocenters. The molecule has 0 heterocycles. The summed E-state index contributed by atoms with van der Waals surface area (Å²) >= 11 is 0. The van der Waals surface area contributed by atoms with E-state index >= 15 is 0 Å². The highest BCUT2D eigenvalue weighted by atomic mass is 16.2. The maximum atomic E-state index is 12.0. The molecule has 0 bridgehead atoms. The number of para-hydroxylation sites is 1. The SMILES string of the molecule is CCNC(C)CC(=O)Nc1ccccc1C(=O)N(C)C. The summed E-state index contributed by atoms with van der Waals surface area (Å²) in [7, 11) is 3.38. The molecule has 0 saturated carbocycles. The summed E-state index contributed by atoms with van der Waals surface area (Å²) in [6.45, 7) is 4.78. The number of nitrogens with one attached hydrogen (secondary N) is 2. The van der Waals surface area contributed by atoms with E-state index in [2.05, 4.69) is 10.6 Å². The Kier molecular flexibility index (Phi) is 6.18. The minimum Gasteiger partial charge on any atom is -0.345 e. The van der Waals surface area contributed by atoms with Gasteiger partial charge in [-0.15, -0.1) is 0 Å². The van der Waals surface area contributed by atoms with E-state index in [0.717, 1.165) is 6.54 Å². The number of hydrogen-bond acceptors (Lipinski definition) is 3. The lowest BCUT2D eigenvalue weighted by Crippen LogP contribution is -2.31. The van der Waals surface area contributed by atoms with Crippen LogP contribution in [0.3, 0.4) is 0 Å². The number of hydrogen-bond donors (Lipinski definition) is 2. The van der Waals surface area contributed by atoms with Gasteiger partial charge in [0.05, 0.1) is 11.3 Å². The maximum Gasteiger partial charge on any atom is 0.255 e. The van der Waals surface area contributed by atoms with Crippen molar-refractivity contribution in [3.63, 3.8) is 0 Å². The molecule has 5 heteroatoms. The summed E-state index contributed by atoms with van der Waals surface area (Å²) in [5.41, 5.74) is 1.06. The minimum absolute atomic E-state index is 0.0996. The summed E-state index contributed by atoms with van der Waals surface area (Å²) < 4.78 is 0. The van der Waals surface area contributed by atoms with Crippen molar-refractivity contribution < 1.29 is 9.59 Å². The van der Waals surface area contributed by atoms with Crippen molar-refractivity contribution in [1.29, 1.82) is 0 Å². The summed E-state index contributed by atoms with van der Waals surface area (Å²) in [5.74, 6) is -0.224. The highest BCUT2D eigenvalue weighted by Gasteiger charge is 2.15. The van der Waals surface area contributed by atoms with Crippen molar-refractivity contribution in [3.05, 3.63) is 29.8 Å². The van der Waals surface area contributed by atoms with E-state index in [9.17, 15) is 9.59 Å². The molecule has 0 radical (unpaired) electrons. The number of nitrogens with zero attached hydrogens (tertiary/aromatic N) is 1. The molecule has 5 nitrogen and oxygen atoms in total. The van der Waals surface area contributed by atoms with Gasteiger partial charge in [0.1, 0.15) is 0 Å². The van der Waals surface area contributed by atoms with Crippen LogP contribution in [-0.4, -0.2) is 43.4 Å². The van der Waals surface area contributed by atoms with Gasteiger partial charge in [-0.25, -0.2) is 0 Å². The number of carbonyl (C=O) groups is 2. The van der Waals surface area contributed by atoms with Crippen LogP contribution in [0.15, 0.2) is 24.3 Å². The number of carbonyl (C=O) groups excluding carboxylic acids is 2. The Bertz CT molecular complexity index is 472. The Labute approximate surface area is 120 Å². The van der Waals surface area contributed by atoms with Crippen molar-refractivity contribution in [3.8, 4) is 0 Å². The van der Waals surface area contributed by atoms with Crippen molar-refractivity contribution >= 4 is 17.5 Å². The second-order valence-electron chi connectivity index (χ2n) is 4.96. The Morgan fingerprint density at radius 1 is 1.25 bits per heavy atom. The first kappa shape index (κ1) is 16.2. The van der Waals surface area contributed by atoms with Gasteiger partial charge in [0.2, 0.25) is 5.91 Å². The summed E-state index contributed by atoms with van der Waals surface area (Å²) in [6, 6.07) is 7.15. The van der Waals surface area contributed by atoms with Crippen LogP contribution in [0.2, 0.25) is 0 Å². The molecule has 1 atom stereocenters. The molecule has 0 saturated heterocycles. The van der Waals surface area contributed by atoms with Crippen molar-refractivity contribution in [2.45, 2.75) is 26.3 Å². The van der Waals surface area contributed by atoms with Gasteiger partial charge in [0, 0.05) is 26.6 Å². The molecule has 0 fully saturated rings. The molecular weight excluding hydrogens is 254 g/mol. The monoisotopic (exact) mass is 277 g/mol. The highest BCUT2D eigenvalue weighted by Crippen LogP contribution is 2.16. The lowest BCUT2D eigenvalue weighted by Gasteiger charge is -2.16. The van der Waals surface area contributed by atoms with Crippen LogP contribution in [0.4, 0.5) is 5.69 Å². The van der Waals surface area contributed by atoms with E-state index in [0.29, 0.717) is 17.7 Å². The fraction of sp³-hybridized carbons (Fsp3) is 0.467. The molecule has 1 rings (SSSR count). The lowest BCUT2D eigenvalue weighted by atomic mass is 10.1. The molecule has 0 aliphatic carbocycles. The summed E-state index contributed by atoms with van der Waals surface area (Å²) in [6.07, 6.45) is 0.373. The first-order chi connectivity index (χ1) is 9.45. The average molecular weight is 277 g/mol. The molecule has 20 heavy (non-hydrogen) atoms. The van der Waals surface area contributed by atoms with E-state index in [1.54, 1.807) is 38.4 Å². The second kappa shape index (κ2) is 7.65. The predicted octanol–water partition coefficient (Wildman–Crippen LogP) is 1.71. The van der Waals surface area contributed by atoms with Crippen molar-refractivity contribution in [2.75, 3.05) is 26.0 Å². The molecule has 1 aromatic rings. The summed E-state index contributed by atoms with van der Waals surface area (Å²) in [5, 5.41) is 5.99. The van der Waals surface area contributed by atoms with Crippen LogP contribution in [0.1, 0.15) is 30.6 Å². The Hall–Kier alpha value is -1.88. The van der Waals surface area contributed by atoms with Gasteiger partial charge in [-0.1, -0.05) is 19.1 Å². The highest BCUT2D eigenvalue weighted by molar-refractivity contribution is 6.03. The lowest BCUT2D eigenvalue weighted by molar-refractivity contribution is -0.116. The van der Waals surface area contributed by atoms with Crippen LogP contribution >= 0.6 is 0 Å². The average Bonchev–Trinajstić information content (AvgIpc) is 2.38. The third kappa shape index (κ3) is 4.66. The molecule has 2 amide bonds. The number of amides is 2. The van der Waals surface area contributed by atoms with Gasteiger partial charge < -0.3 is 15.5 Å². The van der Waals surface area contributed by atoms with Crippen LogP contribution in [0.25, 0.3) is 0 Å². The fourth-order valence-electron chi connectivity index (χ4n) is 1.92. The van der Waals surface area contributed by atoms with Crippen LogP contribution in [-0.2, 0) is 4.79 Å². The smallest absolute Gasteiger partial charge is 0.255 e. The van der Waals surface area contributed by atoms with Crippen molar-refractivity contribution in [2.24, 2.45) is 0 Å². The zero-order valence-corrected chi connectivity index (χ0v) is 12.6. The van der Waals surface area contributed by atoms with Crippen LogP contribution < -0.4 is 10.6 Å². The Balaban J connectivity index is 2.77. The number of rotatable bonds is 6. The van der Waals surface area contributed by atoms with E-state index in [4.69, 9.17) is 0 Å². The zero-order chi connectivity index (χ0) is 15.1. The molecule has 1 aromatic carbocycles. The van der Waals surface area contributed by atoms with Crippen molar-refractivity contribution in [1.82, 2.24) is 10.2 Å². The third-order valence-corrected chi connectivity index (χ3v) is 2.88. The number of benzene rings is 1. The van der Waals surface area contributed by atoms with E-state index < -0.39 is 0 Å². The Morgan fingerprint density at radius 2 is 1.90 bits per heavy atom. The molecule has 0 aliphatic rings. The Morgan fingerprint density at radius 3 is 2.50 bits per heavy atom. The largest absolute Gasteiger partial charge is 0.345 e. The molecule has 0 spiro atoms. The van der Waals surface area contributed by atoms with Gasteiger partial charge in [-0.05, 0) is 25.6 Å². The predicted molar refractivity (Wildman–Crippen MR) is 80.8 cm³/mol. The number of anilines is 1. The minimum atomic E-state index is -0.124. The first-order valence-corrected chi connectivity index (χ1v) is 6.79. The van der Waals surface area contributed by atoms with E-state index in [-0.39, 0.29) is 17.9 Å². The summed E-state index contributed by atoms with van der Waals surface area (Å²) in [4.78, 5) is 25.5. The van der Waals surface area contributed by atoms with Gasteiger partial charge in [-0.3, -0.25) is 9.59 Å². The molecule has 0 aromatic heterocycles. The molecular formula is C15H23N3O2. The molecule has 110 valence electrons. The second-order valence-corrected chi connectivity index (χ2v) is 4.96. The molecule has 0 aliphatic heterocycles. The van der Waals surface area contributed by atoms with Crippen LogP contribution in [0.5, 0.6) is 0 Å². The fourth-order valence-corrected chi connectivity index (χ4v) is 1.92. The van der Waals surface area contributed by atoms with Gasteiger partial charge >= 0.3 is 0 Å². The third-order valence-electron chi connectivity index (χ3n) is 2.88. The normalized spacial score (nSPS) is 11.8. The quantitative estimate of drug-likeness (QED) is 0.832. The molecule has 2 N–H and O–H groups in total. The van der Waals surface area contributed by atoms with E-state index in [1.807, 2.05) is 13.8 Å². The topological polar surface area (TPSA) is 61.4 Å². The first-order valence-electron chi connectivity index (χ1n) is 6.79. The van der Waals surface area contributed by atoms with E-state index in [1.165, 1.54) is 4.90 Å². The standard InChI is InChI=1S/C15H23N3O2/c1-5-16-11(2)10-14(19)17-13-9-7-6-8-12(13)15(20)18(3)4/h6-9,11,16H,5,10H2,1-4H3,(H,17,19). The van der Waals surface area contributed by atoms with Crippen LogP contribution in [0, 0.1) is 0 Å². The van der Waals surface area contributed by atoms with Gasteiger partial charge in [0.25, 0.3) is 5.91 Å². The maximum absolute atomic E-state index is 12.0. The van der Waals surface area contributed by atoms with Gasteiger partial charge in [0.15, 0.2) is 0 Å². The zero-order valence-electron chi connectivity index (χ0n) is 12.6.